The molecule has 0 aliphatic heterocycles. The molecule has 0 bridgehead atoms. The van der Waals surface area contributed by atoms with Gasteiger partial charge in [-0.05, 0) is 18.2 Å². The Balaban J connectivity index is 2.17. The van der Waals surface area contributed by atoms with Gasteiger partial charge < -0.3 is 15.3 Å². The molecule has 4 heteroatoms. The summed E-state index contributed by atoms with van der Waals surface area (Å²) in [6.07, 6.45) is 8.77. The van der Waals surface area contributed by atoms with Crippen LogP contribution < -0.4 is 0 Å². The number of carboxylic acids is 1. The number of aryl methyl sites for hydroxylation is 1. The van der Waals surface area contributed by atoms with E-state index in [9.17, 15) is 20.1 Å². The average molecular weight is 330 g/mol. The van der Waals surface area contributed by atoms with Crippen LogP contribution in [-0.4, -0.2) is 21.3 Å². The van der Waals surface area contributed by atoms with Gasteiger partial charge in [-0.15, -0.1) is 0 Å². The second-order valence-corrected chi connectivity index (χ2v) is 6.27. The number of aromatic carboxylic acids is 1. The second kappa shape index (κ2) is 8.57. The van der Waals surface area contributed by atoms with E-state index in [1.165, 1.54) is 25.7 Å². The molecule has 24 heavy (non-hydrogen) atoms. The minimum Gasteiger partial charge on any atom is -0.504 e. The van der Waals surface area contributed by atoms with Crippen molar-refractivity contribution in [2.24, 2.45) is 0 Å². The van der Waals surface area contributed by atoms with Crippen molar-refractivity contribution in [3.8, 4) is 11.5 Å². The van der Waals surface area contributed by atoms with Gasteiger partial charge >= 0.3 is 5.97 Å². The molecule has 0 fully saturated rings. The van der Waals surface area contributed by atoms with E-state index in [2.05, 4.69) is 6.92 Å². The molecule has 0 unspecified atom stereocenters. The molecule has 4 nitrogen and oxygen atoms in total. The molecular weight excluding hydrogens is 304 g/mol. The number of unbranched alkanes of at least 4 members (excludes halogenated alkanes) is 6. The number of fused-ring (bicyclic) bond motifs is 1. The number of phenolic OH excluding ortho intramolecular Hbond substituents is 1. The van der Waals surface area contributed by atoms with Gasteiger partial charge in [0.05, 0.1) is 0 Å². The van der Waals surface area contributed by atoms with E-state index < -0.39 is 11.7 Å². The van der Waals surface area contributed by atoms with Crippen molar-refractivity contribution in [3.05, 3.63) is 35.4 Å². The average Bonchev–Trinajstić information content (AvgIpc) is 2.57. The quantitative estimate of drug-likeness (QED) is 0.434. The zero-order chi connectivity index (χ0) is 17.5. The van der Waals surface area contributed by atoms with Crippen LogP contribution in [0.4, 0.5) is 0 Å². The fourth-order valence-corrected chi connectivity index (χ4v) is 3.21. The molecular formula is C20H26O4. The maximum atomic E-state index is 11.4. The van der Waals surface area contributed by atoms with E-state index in [0.29, 0.717) is 22.8 Å². The molecule has 2 aromatic rings. The van der Waals surface area contributed by atoms with Gasteiger partial charge in [-0.3, -0.25) is 0 Å². The standard InChI is InChI=1S/C20H26O4/c1-2-3-4-5-6-7-8-13-16-14-11-9-10-12-15(14)17(20(23)24)19(22)18(16)21/h9-12,21-22H,2-8,13H2,1H3,(H,23,24). The number of hydrogen-bond donors (Lipinski definition) is 3. The predicted octanol–water partition coefficient (Wildman–Crippen LogP) is 5.24. The monoisotopic (exact) mass is 330 g/mol. The number of benzene rings is 2. The van der Waals surface area contributed by atoms with Crippen LogP contribution in [-0.2, 0) is 6.42 Å². The van der Waals surface area contributed by atoms with Crippen LogP contribution in [0.5, 0.6) is 11.5 Å². The smallest absolute Gasteiger partial charge is 0.340 e. The Hall–Kier alpha value is -2.23. The highest BCUT2D eigenvalue weighted by Gasteiger charge is 2.22. The summed E-state index contributed by atoms with van der Waals surface area (Å²) >= 11 is 0. The first-order valence-electron chi connectivity index (χ1n) is 8.76. The molecule has 0 heterocycles. The number of aromatic hydroxyl groups is 2. The number of carboxylic acid groups (broad SMARTS) is 1. The largest absolute Gasteiger partial charge is 0.504 e. The number of carbonyl (C=O) groups is 1. The van der Waals surface area contributed by atoms with Gasteiger partial charge in [-0.25, -0.2) is 4.79 Å². The first kappa shape index (κ1) is 18.1. The molecule has 0 amide bonds. The van der Waals surface area contributed by atoms with Crippen LogP contribution in [0.2, 0.25) is 0 Å². The van der Waals surface area contributed by atoms with Crippen LogP contribution in [0, 0.1) is 0 Å². The Labute approximate surface area is 142 Å². The number of rotatable bonds is 9. The molecule has 0 spiro atoms. The van der Waals surface area contributed by atoms with Crippen LogP contribution in [0.3, 0.4) is 0 Å². The van der Waals surface area contributed by atoms with Crippen LogP contribution in [0.1, 0.15) is 67.8 Å². The summed E-state index contributed by atoms with van der Waals surface area (Å²) in [7, 11) is 0. The van der Waals surface area contributed by atoms with Crippen LogP contribution >= 0.6 is 0 Å². The van der Waals surface area contributed by atoms with E-state index in [1.54, 1.807) is 18.2 Å². The zero-order valence-corrected chi connectivity index (χ0v) is 14.2. The summed E-state index contributed by atoms with van der Waals surface area (Å²) in [5.74, 6) is -2.06. The third-order valence-electron chi connectivity index (χ3n) is 4.51. The maximum absolute atomic E-state index is 11.4. The number of hydrogen-bond acceptors (Lipinski definition) is 3. The highest BCUT2D eigenvalue weighted by atomic mass is 16.4. The summed E-state index contributed by atoms with van der Waals surface area (Å²) in [5, 5.41) is 30.9. The van der Waals surface area contributed by atoms with Crippen LogP contribution in [0.15, 0.2) is 24.3 Å². The van der Waals surface area contributed by atoms with Crippen molar-refractivity contribution in [2.75, 3.05) is 0 Å². The molecule has 3 N–H and O–H groups in total. The molecule has 0 radical (unpaired) electrons. The van der Waals surface area contributed by atoms with Gasteiger partial charge in [0.25, 0.3) is 0 Å². The topological polar surface area (TPSA) is 77.8 Å². The van der Waals surface area contributed by atoms with E-state index in [1.807, 2.05) is 6.07 Å². The van der Waals surface area contributed by atoms with Crippen molar-refractivity contribution < 1.29 is 20.1 Å². The summed E-state index contributed by atoms with van der Waals surface area (Å²) in [4.78, 5) is 11.4. The summed E-state index contributed by atoms with van der Waals surface area (Å²) in [6.45, 7) is 2.20. The van der Waals surface area contributed by atoms with Crippen molar-refractivity contribution in [1.29, 1.82) is 0 Å². The SMILES string of the molecule is CCCCCCCCCc1c(O)c(O)c(C(=O)O)c2ccccc12. The Morgan fingerprint density at radius 2 is 1.46 bits per heavy atom. The minimum atomic E-state index is -1.23. The van der Waals surface area contributed by atoms with Crippen LogP contribution in [0.25, 0.3) is 10.8 Å². The fourth-order valence-electron chi connectivity index (χ4n) is 3.21. The molecule has 0 saturated heterocycles. The van der Waals surface area contributed by atoms with Gasteiger partial charge in [0.2, 0.25) is 0 Å². The highest BCUT2D eigenvalue weighted by molar-refractivity contribution is 6.08. The molecule has 0 atom stereocenters. The van der Waals surface area contributed by atoms with Crippen molar-refractivity contribution >= 4 is 16.7 Å². The van der Waals surface area contributed by atoms with E-state index in [-0.39, 0.29) is 11.3 Å². The summed E-state index contributed by atoms with van der Waals surface area (Å²) < 4.78 is 0. The fraction of sp³-hybridized carbons (Fsp3) is 0.450. The third-order valence-corrected chi connectivity index (χ3v) is 4.51. The molecule has 0 aliphatic rings. The molecule has 0 saturated carbocycles. The van der Waals surface area contributed by atoms with Crippen molar-refractivity contribution in [3.63, 3.8) is 0 Å². The maximum Gasteiger partial charge on any atom is 0.340 e. The molecule has 2 aromatic carbocycles. The van der Waals surface area contributed by atoms with Gasteiger partial charge in [-0.2, -0.15) is 0 Å². The van der Waals surface area contributed by atoms with Gasteiger partial charge in [-0.1, -0.05) is 69.7 Å². The van der Waals surface area contributed by atoms with Gasteiger partial charge in [0.15, 0.2) is 11.5 Å². The lowest BCUT2D eigenvalue weighted by Gasteiger charge is -2.14. The Kier molecular flexibility index (Phi) is 6.47. The second-order valence-electron chi connectivity index (χ2n) is 6.27. The normalized spacial score (nSPS) is 11.0. The lowest BCUT2D eigenvalue weighted by Crippen LogP contribution is -2.01. The van der Waals surface area contributed by atoms with E-state index in [0.717, 1.165) is 19.3 Å². The lowest BCUT2D eigenvalue weighted by atomic mass is 9.94. The van der Waals surface area contributed by atoms with Crippen molar-refractivity contribution in [2.45, 2.75) is 58.3 Å². The molecule has 0 aliphatic carbocycles. The Bertz CT molecular complexity index is 706. The molecule has 130 valence electrons. The van der Waals surface area contributed by atoms with E-state index >= 15 is 0 Å². The Morgan fingerprint density at radius 3 is 2.08 bits per heavy atom. The van der Waals surface area contributed by atoms with Crippen molar-refractivity contribution in [1.82, 2.24) is 0 Å². The highest BCUT2D eigenvalue weighted by Crippen LogP contribution is 2.40. The number of phenols is 2. The molecule has 2 rings (SSSR count). The minimum absolute atomic E-state index is 0.230. The summed E-state index contributed by atoms with van der Waals surface area (Å²) in [6, 6.07) is 7.03. The van der Waals surface area contributed by atoms with Gasteiger partial charge in [0.1, 0.15) is 5.56 Å². The first-order chi connectivity index (χ1) is 11.6. The van der Waals surface area contributed by atoms with Gasteiger partial charge in [0, 0.05) is 10.9 Å². The first-order valence-corrected chi connectivity index (χ1v) is 8.76. The lowest BCUT2D eigenvalue weighted by molar-refractivity contribution is 0.0695. The summed E-state index contributed by atoms with van der Waals surface area (Å²) in [5.41, 5.74) is 0.410. The predicted molar refractivity (Wildman–Crippen MR) is 95.9 cm³/mol. The molecule has 0 aromatic heterocycles. The zero-order valence-electron chi connectivity index (χ0n) is 14.2. The third kappa shape index (κ3) is 3.99. The van der Waals surface area contributed by atoms with E-state index in [4.69, 9.17) is 0 Å². The Morgan fingerprint density at radius 1 is 0.875 bits per heavy atom.